The van der Waals surface area contributed by atoms with Gasteiger partial charge in [0.05, 0.1) is 5.56 Å². The van der Waals surface area contributed by atoms with Gasteiger partial charge >= 0.3 is 6.18 Å². The Morgan fingerprint density at radius 1 is 1.43 bits per heavy atom. The molecule has 1 atom stereocenters. The average Bonchev–Trinajstić information content (AvgIpc) is 2.84. The first-order chi connectivity index (χ1) is 9.82. The Bertz CT molecular complexity index is 528. The highest BCUT2D eigenvalue weighted by molar-refractivity contribution is 5.95. The van der Waals surface area contributed by atoms with E-state index in [0.717, 1.165) is 12.5 Å². The van der Waals surface area contributed by atoms with E-state index in [1.807, 2.05) is 6.92 Å². The van der Waals surface area contributed by atoms with E-state index in [2.05, 4.69) is 5.32 Å². The van der Waals surface area contributed by atoms with Gasteiger partial charge in [-0.15, -0.1) is 0 Å². The number of hydrogen-bond acceptors (Lipinski definition) is 2. The average molecular weight is 300 g/mol. The summed E-state index contributed by atoms with van der Waals surface area (Å²) in [7, 11) is 0. The number of carbonyl (C=O) groups excluding carboxylic acids is 1. The van der Waals surface area contributed by atoms with Gasteiger partial charge in [-0.05, 0) is 37.5 Å². The summed E-state index contributed by atoms with van der Waals surface area (Å²) in [5, 5.41) is 2.68. The maximum atomic E-state index is 13.1. The summed E-state index contributed by atoms with van der Waals surface area (Å²) in [6.45, 7) is 5.36. The molecule has 0 spiro atoms. The van der Waals surface area contributed by atoms with Crippen molar-refractivity contribution in [1.82, 2.24) is 4.90 Å². The quantitative estimate of drug-likeness (QED) is 0.924. The Labute approximate surface area is 122 Å². The molecule has 0 aromatic heterocycles. The van der Waals surface area contributed by atoms with Crippen LogP contribution in [0.3, 0.4) is 0 Å². The molecule has 1 N–H and O–H groups in total. The van der Waals surface area contributed by atoms with Gasteiger partial charge in [0.15, 0.2) is 0 Å². The molecule has 0 radical (unpaired) electrons. The lowest BCUT2D eigenvalue weighted by Gasteiger charge is -2.19. The van der Waals surface area contributed by atoms with Crippen LogP contribution in [0.25, 0.3) is 0 Å². The van der Waals surface area contributed by atoms with Gasteiger partial charge in [0.2, 0.25) is 0 Å². The molecule has 0 bridgehead atoms. The summed E-state index contributed by atoms with van der Waals surface area (Å²) in [6, 6.07) is 3.74. The third kappa shape index (κ3) is 3.49. The van der Waals surface area contributed by atoms with Gasteiger partial charge in [0.1, 0.15) is 0 Å². The second-order valence-electron chi connectivity index (χ2n) is 5.43. The number of alkyl halides is 3. The fraction of sp³-hybridized carbons (Fsp3) is 0.533. The smallest absolute Gasteiger partial charge is 0.385 e. The van der Waals surface area contributed by atoms with Gasteiger partial charge in [0.25, 0.3) is 5.91 Å². The highest BCUT2D eigenvalue weighted by atomic mass is 19.4. The number of amides is 1. The fourth-order valence-electron chi connectivity index (χ4n) is 2.56. The summed E-state index contributed by atoms with van der Waals surface area (Å²) in [6.07, 6.45) is -3.58. The number of hydrogen-bond donors (Lipinski definition) is 1. The van der Waals surface area contributed by atoms with Crippen LogP contribution in [0.1, 0.15) is 36.2 Å². The van der Waals surface area contributed by atoms with Crippen molar-refractivity contribution >= 4 is 11.6 Å². The van der Waals surface area contributed by atoms with E-state index in [1.165, 1.54) is 12.1 Å². The lowest BCUT2D eigenvalue weighted by atomic mass is 10.1. The molecule has 116 valence electrons. The van der Waals surface area contributed by atoms with Gasteiger partial charge in [-0.25, -0.2) is 0 Å². The lowest BCUT2D eigenvalue weighted by molar-refractivity contribution is -0.137. The number of carbonyl (C=O) groups is 1. The minimum Gasteiger partial charge on any atom is -0.385 e. The molecule has 1 aromatic rings. The molecule has 1 unspecified atom stereocenters. The molecular formula is C15H19F3N2O. The molecule has 0 saturated carbocycles. The van der Waals surface area contributed by atoms with Gasteiger partial charge in [-0.2, -0.15) is 13.2 Å². The third-order valence-corrected chi connectivity index (χ3v) is 3.65. The van der Waals surface area contributed by atoms with Crippen molar-refractivity contribution in [2.24, 2.45) is 5.92 Å². The van der Waals surface area contributed by atoms with E-state index in [0.29, 0.717) is 25.6 Å². The predicted molar refractivity (Wildman–Crippen MR) is 75.3 cm³/mol. The van der Waals surface area contributed by atoms with Crippen molar-refractivity contribution in [3.8, 4) is 0 Å². The van der Waals surface area contributed by atoms with Crippen LogP contribution >= 0.6 is 0 Å². The summed E-state index contributed by atoms with van der Waals surface area (Å²) >= 11 is 0. The van der Waals surface area contributed by atoms with Crippen LogP contribution in [0.5, 0.6) is 0 Å². The van der Waals surface area contributed by atoms with Crippen molar-refractivity contribution < 1.29 is 18.0 Å². The minimum absolute atomic E-state index is 0.0105. The second kappa shape index (κ2) is 5.95. The van der Waals surface area contributed by atoms with Crippen molar-refractivity contribution in [2.45, 2.75) is 26.4 Å². The molecule has 1 fully saturated rings. The van der Waals surface area contributed by atoms with E-state index in [-0.39, 0.29) is 17.2 Å². The first-order valence-electron chi connectivity index (χ1n) is 7.07. The molecule has 0 aliphatic carbocycles. The SMILES string of the molecule is CCNc1ccc(C(=O)N2CCC(C)C2)cc1C(F)(F)F. The summed E-state index contributed by atoms with van der Waals surface area (Å²) < 4.78 is 39.3. The van der Waals surface area contributed by atoms with E-state index in [1.54, 1.807) is 11.8 Å². The Kier molecular flexibility index (Phi) is 4.44. The van der Waals surface area contributed by atoms with Crippen molar-refractivity contribution in [2.75, 3.05) is 25.0 Å². The molecule has 1 aliphatic heterocycles. The lowest BCUT2D eigenvalue weighted by Crippen LogP contribution is -2.28. The predicted octanol–water partition coefficient (Wildman–Crippen LogP) is 3.62. The van der Waals surface area contributed by atoms with Crippen molar-refractivity contribution in [3.63, 3.8) is 0 Å². The molecule has 2 rings (SSSR count). The van der Waals surface area contributed by atoms with Crippen LogP contribution in [0, 0.1) is 5.92 Å². The van der Waals surface area contributed by atoms with E-state index >= 15 is 0 Å². The molecular weight excluding hydrogens is 281 g/mol. The summed E-state index contributed by atoms with van der Waals surface area (Å²) in [5.41, 5.74) is -0.683. The molecule has 3 nitrogen and oxygen atoms in total. The number of halogens is 3. The fourth-order valence-corrected chi connectivity index (χ4v) is 2.56. The molecule has 1 aromatic carbocycles. The highest BCUT2D eigenvalue weighted by Crippen LogP contribution is 2.35. The molecule has 6 heteroatoms. The Morgan fingerprint density at radius 3 is 2.67 bits per heavy atom. The molecule has 21 heavy (non-hydrogen) atoms. The zero-order valence-corrected chi connectivity index (χ0v) is 12.1. The van der Waals surface area contributed by atoms with Crippen LogP contribution in [0.4, 0.5) is 18.9 Å². The zero-order chi connectivity index (χ0) is 15.6. The molecule has 1 saturated heterocycles. The highest BCUT2D eigenvalue weighted by Gasteiger charge is 2.35. The molecule has 1 amide bonds. The van der Waals surface area contributed by atoms with Crippen molar-refractivity contribution in [1.29, 1.82) is 0 Å². The number of nitrogens with zero attached hydrogens (tertiary/aromatic N) is 1. The zero-order valence-electron chi connectivity index (χ0n) is 12.1. The normalized spacial score (nSPS) is 18.9. The number of anilines is 1. The Hall–Kier alpha value is -1.72. The van der Waals surface area contributed by atoms with E-state index in [4.69, 9.17) is 0 Å². The van der Waals surface area contributed by atoms with Crippen LogP contribution in [0.2, 0.25) is 0 Å². The number of benzene rings is 1. The topological polar surface area (TPSA) is 32.3 Å². The molecule has 1 aliphatic rings. The van der Waals surface area contributed by atoms with Gasteiger partial charge in [-0.1, -0.05) is 6.92 Å². The van der Waals surface area contributed by atoms with Gasteiger partial charge in [-0.3, -0.25) is 4.79 Å². The van der Waals surface area contributed by atoms with Crippen LogP contribution < -0.4 is 5.32 Å². The third-order valence-electron chi connectivity index (χ3n) is 3.65. The first-order valence-corrected chi connectivity index (χ1v) is 7.07. The Morgan fingerprint density at radius 2 is 2.14 bits per heavy atom. The van der Waals surface area contributed by atoms with Crippen LogP contribution in [-0.4, -0.2) is 30.4 Å². The first kappa shape index (κ1) is 15.7. The van der Waals surface area contributed by atoms with Gasteiger partial charge < -0.3 is 10.2 Å². The monoisotopic (exact) mass is 300 g/mol. The van der Waals surface area contributed by atoms with Gasteiger partial charge in [0, 0.05) is 30.9 Å². The van der Waals surface area contributed by atoms with Crippen LogP contribution in [0.15, 0.2) is 18.2 Å². The maximum Gasteiger partial charge on any atom is 0.418 e. The summed E-state index contributed by atoms with van der Waals surface area (Å²) in [5.74, 6) is 0.0740. The summed E-state index contributed by atoms with van der Waals surface area (Å²) in [4.78, 5) is 13.9. The van der Waals surface area contributed by atoms with Crippen molar-refractivity contribution in [3.05, 3.63) is 29.3 Å². The minimum atomic E-state index is -4.48. The largest absolute Gasteiger partial charge is 0.418 e. The number of likely N-dealkylation sites (tertiary alicyclic amines) is 1. The number of rotatable bonds is 3. The standard InChI is InChI=1S/C15H19F3N2O/c1-3-19-13-5-4-11(8-12(13)15(16,17)18)14(21)20-7-6-10(2)9-20/h4-5,8,10,19H,3,6-7,9H2,1-2H3. The van der Waals surface area contributed by atoms with Crippen LogP contribution in [-0.2, 0) is 6.18 Å². The second-order valence-corrected chi connectivity index (χ2v) is 5.43. The Balaban J connectivity index is 2.31. The number of nitrogens with one attached hydrogen (secondary N) is 1. The van der Waals surface area contributed by atoms with E-state index in [9.17, 15) is 18.0 Å². The maximum absolute atomic E-state index is 13.1. The van der Waals surface area contributed by atoms with E-state index < -0.39 is 11.7 Å². The molecule has 1 heterocycles.